The van der Waals surface area contributed by atoms with E-state index in [4.69, 9.17) is 18.9 Å². The lowest BCUT2D eigenvalue weighted by Gasteiger charge is -2.23. The Balaban J connectivity index is 1.59. The summed E-state index contributed by atoms with van der Waals surface area (Å²) >= 11 is 0. The van der Waals surface area contributed by atoms with Crippen molar-refractivity contribution >= 4 is 5.96 Å². The molecule has 6 nitrogen and oxygen atoms in total. The maximum absolute atomic E-state index is 5.82. The van der Waals surface area contributed by atoms with Gasteiger partial charge in [-0.2, -0.15) is 0 Å². The van der Waals surface area contributed by atoms with E-state index in [2.05, 4.69) is 23.6 Å². The molecule has 1 aromatic heterocycles. The third-order valence-corrected chi connectivity index (χ3v) is 4.78. The first-order valence-corrected chi connectivity index (χ1v) is 10.0. The maximum atomic E-state index is 5.82. The molecule has 0 amide bonds. The number of aliphatic imine (C=N–C) groups is 1. The zero-order valence-electron chi connectivity index (χ0n) is 16.9. The summed E-state index contributed by atoms with van der Waals surface area (Å²) in [5.74, 6) is 2.62. The van der Waals surface area contributed by atoms with E-state index >= 15 is 0 Å². The van der Waals surface area contributed by atoms with Crippen LogP contribution in [0.5, 0.6) is 5.75 Å². The second-order valence-corrected chi connectivity index (χ2v) is 7.15. The second kappa shape index (κ2) is 10.8. The SMILES string of the molecule is COc1cc(C)cc(CN=C(NCCc2ccco2)NCC2CCCCO2)c1. The van der Waals surface area contributed by atoms with E-state index in [1.807, 2.05) is 24.3 Å². The Hall–Kier alpha value is -2.47. The minimum absolute atomic E-state index is 0.255. The summed E-state index contributed by atoms with van der Waals surface area (Å²) in [4.78, 5) is 4.77. The number of guanidine groups is 1. The molecule has 0 radical (unpaired) electrons. The van der Waals surface area contributed by atoms with Crippen molar-refractivity contribution in [2.24, 2.45) is 4.99 Å². The van der Waals surface area contributed by atoms with Crippen LogP contribution in [0.4, 0.5) is 0 Å². The van der Waals surface area contributed by atoms with Crippen molar-refractivity contribution in [1.29, 1.82) is 0 Å². The lowest BCUT2D eigenvalue weighted by Crippen LogP contribution is -2.43. The minimum atomic E-state index is 0.255. The number of nitrogens with one attached hydrogen (secondary N) is 2. The number of nitrogens with zero attached hydrogens (tertiary/aromatic N) is 1. The molecule has 2 aromatic rings. The van der Waals surface area contributed by atoms with Gasteiger partial charge in [-0.15, -0.1) is 0 Å². The Morgan fingerprint density at radius 2 is 2.18 bits per heavy atom. The zero-order valence-corrected chi connectivity index (χ0v) is 16.9. The summed E-state index contributed by atoms with van der Waals surface area (Å²) < 4.78 is 16.6. The van der Waals surface area contributed by atoms with Gasteiger partial charge in [0.15, 0.2) is 5.96 Å². The first kappa shape index (κ1) is 20.3. The number of methoxy groups -OCH3 is 1. The smallest absolute Gasteiger partial charge is 0.191 e. The number of aryl methyl sites for hydroxylation is 1. The molecule has 1 aliphatic rings. The number of rotatable bonds is 8. The summed E-state index contributed by atoms with van der Waals surface area (Å²) in [5.41, 5.74) is 2.29. The van der Waals surface area contributed by atoms with E-state index in [0.29, 0.717) is 6.54 Å². The van der Waals surface area contributed by atoms with Crippen molar-refractivity contribution in [3.05, 3.63) is 53.5 Å². The molecule has 0 bridgehead atoms. The molecule has 1 aromatic carbocycles. The number of ether oxygens (including phenoxy) is 2. The van der Waals surface area contributed by atoms with Gasteiger partial charge in [-0.1, -0.05) is 6.07 Å². The van der Waals surface area contributed by atoms with Crippen molar-refractivity contribution in [1.82, 2.24) is 10.6 Å². The number of benzene rings is 1. The maximum Gasteiger partial charge on any atom is 0.191 e. The molecule has 1 aliphatic heterocycles. The molecule has 0 spiro atoms. The van der Waals surface area contributed by atoms with Crippen LogP contribution in [-0.2, 0) is 17.7 Å². The van der Waals surface area contributed by atoms with E-state index in [0.717, 1.165) is 62.0 Å². The van der Waals surface area contributed by atoms with Gasteiger partial charge >= 0.3 is 0 Å². The van der Waals surface area contributed by atoms with E-state index < -0.39 is 0 Å². The van der Waals surface area contributed by atoms with Crippen molar-refractivity contribution in [2.75, 3.05) is 26.8 Å². The number of hydrogen-bond acceptors (Lipinski definition) is 4. The number of furan rings is 1. The molecule has 6 heteroatoms. The standard InChI is InChI=1S/C22H31N3O3/c1-17-12-18(14-21(13-17)26-2)15-24-22(23-9-8-19-7-5-11-27-19)25-16-20-6-3-4-10-28-20/h5,7,11-14,20H,3-4,6,8-10,15-16H2,1-2H3,(H2,23,24,25). The Morgan fingerprint density at radius 1 is 1.25 bits per heavy atom. The van der Waals surface area contributed by atoms with Gasteiger partial charge in [0.2, 0.25) is 0 Å². The number of hydrogen-bond donors (Lipinski definition) is 2. The summed E-state index contributed by atoms with van der Waals surface area (Å²) in [5, 5.41) is 6.84. The van der Waals surface area contributed by atoms with E-state index in [-0.39, 0.29) is 6.10 Å². The van der Waals surface area contributed by atoms with Gasteiger partial charge in [0.05, 0.1) is 26.0 Å². The van der Waals surface area contributed by atoms with Gasteiger partial charge in [-0.05, 0) is 61.6 Å². The normalized spacial score (nSPS) is 17.4. The fourth-order valence-corrected chi connectivity index (χ4v) is 3.32. The van der Waals surface area contributed by atoms with E-state index in [1.165, 1.54) is 12.0 Å². The average Bonchev–Trinajstić information content (AvgIpc) is 3.23. The lowest BCUT2D eigenvalue weighted by molar-refractivity contribution is 0.0194. The fourth-order valence-electron chi connectivity index (χ4n) is 3.32. The Morgan fingerprint density at radius 3 is 2.93 bits per heavy atom. The molecule has 1 saturated heterocycles. The molecule has 3 rings (SSSR count). The van der Waals surface area contributed by atoms with Crippen LogP contribution >= 0.6 is 0 Å². The van der Waals surface area contributed by atoms with Crippen molar-refractivity contribution < 1.29 is 13.9 Å². The third kappa shape index (κ3) is 6.60. The minimum Gasteiger partial charge on any atom is -0.497 e. The zero-order chi connectivity index (χ0) is 19.6. The summed E-state index contributed by atoms with van der Waals surface area (Å²) in [6.07, 6.45) is 6.26. The van der Waals surface area contributed by atoms with Gasteiger partial charge in [0.1, 0.15) is 11.5 Å². The van der Waals surface area contributed by atoms with Gasteiger partial charge in [0.25, 0.3) is 0 Å². The predicted molar refractivity (Wildman–Crippen MR) is 111 cm³/mol. The molecule has 1 unspecified atom stereocenters. The molecule has 152 valence electrons. The average molecular weight is 386 g/mol. The second-order valence-electron chi connectivity index (χ2n) is 7.15. The molecule has 1 atom stereocenters. The highest BCUT2D eigenvalue weighted by atomic mass is 16.5. The summed E-state index contributed by atoms with van der Waals surface area (Å²) in [6, 6.07) is 10.1. The first-order chi connectivity index (χ1) is 13.7. The summed E-state index contributed by atoms with van der Waals surface area (Å²) in [7, 11) is 1.69. The van der Waals surface area contributed by atoms with Crippen molar-refractivity contribution in [3.63, 3.8) is 0 Å². The van der Waals surface area contributed by atoms with Gasteiger partial charge in [-0.3, -0.25) is 0 Å². The highest BCUT2D eigenvalue weighted by Crippen LogP contribution is 2.17. The quantitative estimate of drug-likeness (QED) is 0.538. The largest absolute Gasteiger partial charge is 0.497 e. The van der Waals surface area contributed by atoms with Gasteiger partial charge < -0.3 is 24.5 Å². The van der Waals surface area contributed by atoms with Crippen LogP contribution < -0.4 is 15.4 Å². The van der Waals surface area contributed by atoms with Crippen LogP contribution in [0, 0.1) is 6.92 Å². The van der Waals surface area contributed by atoms with Crippen molar-refractivity contribution in [2.45, 2.75) is 45.3 Å². The fraction of sp³-hybridized carbons (Fsp3) is 0.500. The van der Waals surface area contributed by atoms with Crippen LogP contribution in [0.3, 0.4) is 0 Å². The first-order valence-electron chi connectivity index (χ1n) is 10.0. The molecule has 0 aliphatic carbocycles. The van der Waals surface area contributed by atoms with Gasteiger partial charge in [-0.25, -0.2) is 4.99 Å². The molecule has 1 fully saturated rings. The Labute approximate surface area is 167 Å². The highest BCUT2D eigenvalue weighted by molar-refractivity contribution is 5.79. The molecule has 2 heterocycles. The van der Waals surface area contributed by atoms with Crippen LogP contribution in [-0.4, -0.2) is 38.9 Å². The van der Waals surface area contributed by atoms with Crippen molar-refractivity contribution in [3.8, 4) is 5.75 Å². The molecule has 0 saturated carbocycles. The molecular formula is C22H31N3O3. The van der Waals surface area contributed by atoms with Crippen LogP contribution in [0.2, 0.25) is 0 Å². The molecular weight excluding hydrogens is 354 g/mol. The molecule has 28 heavy (non-hydrogen) atoms. The topological polar surface area (TPSA) is 68.0 Å². The summed E-state index contributed by atoms with van der Waals surface area (Å²) in [6.45, 7) is 5.02. The third-order valence-electron chi connectivity index (χ3n) is 4.78. The highest BCUT2D eigenvalue weighted by Gasteiger charge is 2.14. The van der Waals surface area contributed by atoms with E-state index in [9.17, 15) is 0 Å². The van der Waals surface area contributed by atoms with Gasteiger partial charge in [0, 0.05) is 26.1 Å². The van der Waals surface area contributed by atoms with Crippen LogP contribution in [0.15, 0.2) is 46.0 Å². The van der Waals surface area contributed by atoms with Crippen LogP contribution in [0.25, 0.3) is 0 Å². The Bertz CT molecular complexity index is 737. The monoisotopic (exact) mass is 385 g/mol. The van der Waals surface area contributed by atoms with E-state index in [1.54, 1.807) is 13.4 Å². The van der Waals surface area contributed by atoms with Crippen LogP contribution in [0.1, 0.15) is 36.1 Å². The Kier molecular flexibility index (Phi) is 7.79. The predicted octanol–water partition coefficient (Wildman–Crippen LogP) is 3.44. The lowest BCUT2D eigenvalue weighted by atomic mass is 10.1. The molecule has 2 N–H and O–H groups in total.